The molecular formula is C25H26Cl2N2O2S. The van der Waals surface area contributed by atoms with Gasteiger partial charge in [-0.1, -0.05) is 60.5 Å². The van der Waals surface area contributed by atoms with Crippen LogP contribution < -0.4 is 0 Å². The second-order valence-corrected chi connectivity index (χ2v) is 9.88. The fourth-order valence-corrected chi connectivity index (χ4v) is 4.87. The van der Waals surface area contributed by atoms with Crippen molar-refractivity contribution < 1.29 is 9.59 Å². The Labute approximate surface area is 203 Å². The van der Waals surface area contributed by atoms with Crippen LogP contribution in [-0.2, 0) is 17.9 Å². The quantitative estimate of drug-likeness (QED) is 0.347. The Balaban J connectivity index is 1.81. The Hall–Kier alpha value is -2.34. The molecule has 0 aliphatic heterocycles. The van der Waals surface area contributed by atoms with Crippen molar-refractivity contribution in [2.24, 2.45) is 0 Å². The lowest BCUT2D eigenvalue weighted by molar-refractivity contribution is -0.133. The summed E-state index contributed by atoms with van der Waals surface area (Å²) < 4.78 is 0. The molecule has 7 heteroatoms. The second-order valence-electron chi connectivity index (χ2n) is 7.63. The highest BCUT2D eigenvalue weighted by Gasteiger charge is 2.23. The highest BCUT2D eigenvalue weighted by Crippen LogP contribution is 2.22. The minimum absolute atomic E-state index is 0.00596. The summed E-state index contributed by atoms with van der Waals surface area (Å²) >= 11 is 13.8. The van der Waals surface area contributed by atoms with Crippen molar-refractivity contribution in [3.8, 4) is 0 Å². The van der Waals surface area contributed by atoms with E-state index in [-0.39, 0.29) is 18.4 Å². The van der Waals surface area contributed by atoms with Crippen LogP contribution >= 0.6 is 34.5 Å². The molecule has 0 aliphatic rings. The molecule has 0 saturated heterocycles. The Bertz CT molecular complexity index is 1050. The number of carbonyl (C=O) groups is 2. The first-order valence-electron chi connectivity index (χ1n) is 10.5. The standard InChI is InChI=1S/C25H26Cl2N2O2S/c1-3-11-28(25(31)20-12-21(26)14-22(27)13-20)17-24(30)29(15-19-7-5-4-6-8-19)16-23-10-9-18(2)32-23/h4-10,12-14H,3,11,15-17H2,1-2H3. The average Bonchev–Trinajstić information content (AvgIpc) is 3.17. The molecule has 0 atom stereocenters. The number of amides is 2. The zero-order valence-electron chi connectivity index (χ0n) is 18.2. The zero-order valence-corrected chi connectivity index (χ0v) is 20.5. The lowest BCUT2D eigenvalue weighted by Gasteiger charge is -2.27. The first kappa shape index (κ1) is 24.3. The summed E-state index contributed by atoms with van der Waals surface area (Å²) in [5, 5.41) is 0.782. The van der Waals surface area contributed by atoms with E-state index in [1.165, 1.54) is 4.88 Å². The number of aryl methyl sites for hydroxylation is 1. The van der Waals surface area contributed by atoms with Crippen molar-refractivity contribution in [2.45, 2.75) is 33.4 Å². The molecule has 0 fully saturated rings. The third-order valence-electron chi connectivity index (χ3n) is 4.93. The van der Waals surface area contributed by atoms with Gasteiger partial charge < -0.3 is 9.80 Å². The highest BCUT2D eigenvalue weighted by atomic mass is 35.5. The maximum Gasteiger partial charge on any atom is 0.254 e. The summed E-state index contributed by atoms with van der Waals surface area (Å²) in [6, 6.07) is 18.7. The molecule has 1 aromatic heterocycles. The van der Waals surface area contributed by atoms with Crippen molar-refractivity contribution in [3.05, 3.63) is 91.6 Å². The van der Waals surface area contributed by atoms with Crippen molar-refractivity contribution in [1.82, 2.24) is 9.80 Å². The van der Waals surface area contributed by atoms with Crippen molar-refractivity contribution in [3.63, 3.8) is 0 Å². The molecule has 0 saturated carbocycles. The largest absolute Gasteiger partial charge is 0.332 e. The summed E-state index contributed by atoms with van der Waals surface area (Å²) in [5.74, 6) is -0.355. The fraction of sp³-hybridized carbons (Fsp3) is 0.280. The smallest absolute Gasteiger partial charge is 0.254 e. The van der Waals surface area contributed by atoms with E-state index in [9.17, 15) is 9.59 Å². The van der Waals surface area contributed by atoms with Gasteiger partial charge in [-0.2, -0.15) is 0 Å². The number of hydrogen-bond donors (Lipinski definition) is 0. The molecule has 32 heavy (non-hydrogen) atoms. The molecule has 0 radical (unpaired) electrons. The van der Waals surface area contributed by atoms with Crippen LogP contribution in [0.5, 0.6) is 0 Å². The van der Waals surface area contributed by atoms with Gasteiger partial charge >= 0.3 is 0 Å². The molecule has 0 spiro atoms. The molecule has 0 N–H and O–H groups in total. The zero-order chi connectivity index (χ0) is 23.1. The SMILES string of the molecule is CCCN(CC(=O)N(Cc1ccccc1)Cc1ccc(C)s1)C(=O)c1cc(Cl)cc(Cl)c1. The van der Waals surface area contributed by atoms with Gasteiger partial charge in [0.25, 0.3) is 5.91 Å². The van der Waals surface area contributed by atoms with Crippen LogP contribution in [0.15, 0.2) is 60.7 Å². The molecule has 0 bridgehead atoms. The van der Waals surface area contributed by atoms with Gasteiger partial charge in [0.05, 0.1) is 6.54 Å². The van der Waals surface area contributed by atoms with E-state index in [0.717, 1.165) is 16.9 Å². The Kier molecular flexibility index (Phi) is 8.74. The highest BCUT2D eigenvalue weighted by molar-refractivity contribution is 7.11. The van der Waals surface area contributed by atoms with Crippen LogP contribution in [0.2, 0.25) is 10.0 Å². The summed E-state index contributed by atoms with van der Waals surface area (Å²) in [4.78, 5) is 32.2. The molecular weight excluding hydrogens is 463 g/mol. The van der Waals surface area contributed by atoms with Crippen LogP contribution in [0.3, 0.4) is 0 Å². The minimum Gasteiger partial charge on any atom is -0.332 e. The monoisotopic (exact) mass is 488 g/mol. The predicted molar refractivity (Wildman–Crippen MR) is 132 cm³/mol. The third-order valence-corrected chi connectivity index (χ3v) is 6.35. The Morgan fingerprint density at radius 2 is 1.59 bits per heavy atom. The summed E-state index contributed by atoms with van der Waals surface area (Å²) in [6.07, 6.45) is 0.732. The number of nitrogens with zero attached hydrogens (tertiary/aromatic N) is 2. The maximum atomic E-state index is 13.4. The molecule has 3 aromatic rings. The first-order valence-corrected chi connectivity index (χ1v) is 12.1. The summed E-state index contributed by atoms with van der Waals surface area (Å²) in [7, 11) is 0. The summed E-state index contributed by atoms with van der Waals surface area (Å²) in [6.45, 7) is 5.47. The van der Waals surface area contributed by atoms with Gasteiger partial charge in [0.15, 0.2) is 0 Å². The minimum atomic E-state index is -0.253. The molecule has 3 rings (SSSR count). The van der Waals surface area contributed by atoms with E-state index in [2.05, 4.69) is 13.0 Å². The van der Waals surface area contributed by atoms with E-state index >= 15 is 0 Å². The van der Waals surface area contributed by atoms with Gasteiger partial charge in [0.1, 0.15) is 6.54 Å². The number of carbonyl (C=O) groups excluding carboxylic acids is 2. The van der Waals surface area contributed by atoms with Crippen molar-refractivity contribution in [2.75, 3.05) is 13.1 Å². The summed E-state index contributed by atoms with van der Waals surface area (Å²) in [5.41, 5.74) is 1.43. The van der Waals surface area contributed by atoms with Gasteiger partial charge in [-0.25, -0.2) is 0 Å². The van der Waals surface area contributed by atoms with Gasteiger partial charge in [-0.05, 0) is 49.2 Å². The van der Waals surface area contributed by atoms with E-state index in [4.69, 9.17) is 23.2 Å². The second kappa shape index (κ2) is 11.5. The molecule has 2 aromatic carbocycles. The van der Waals surface area contributed by atoms with Gasteiger partial charge in [-0.3, -0.25) is 9.59 Å². The molecule has 4 nitrogen and oxygen atoms in total. The number of thiophene rings is 1. The molecule has 1 heterocycles. The normalized spacial score (nSPS) is 10.8. The Morgan fingerprint density at radius 1 is 0.906 bits per heavy atom. The van der Waals surface area contributed by atoms with Gasteiger partial charge in [0.2, 0.25) is 5.91 Å². The number of hydrogen-bond acceptors (Lipinski definition) is 3. The van der Waals surface area contributed by atoms with Gasteiger partial charge in [0, 0.05) is 38.5 Å². The lowest BCUT2D eigenvalue weighted by Crippen LogP contribution is -2.42. The first-order chi connectivity index (χ1) is 15.4. The van der Waals surface area contributed by atoms with E-state index in [1.54, 1.807) is 34.4 Å². The van der Waals surface area contributed by atoms with Crippen LogP contribution in [0.4, 0.5) is 0 Å². The Morgan fingerprint density at radius 3 is 2.19 bits per heavy atom. The molecule has 168 valence electrons. The van der Waals surface area contributed by atoms with Crippen LogP contribution in [0, 0.1) is 6.92 Å². The topological polar surface area (TPSA) is 40.6 Å². The maximum absolute atomic E-state index is 13.4. The van der Waals surface area contributed by atoms with Crippen LogP contribution in [0.1, 0.15) is 39.0 Å². The molecule has 0 unspecified atom stereocenters. The van der Waals surface area contributed by atoms with Crippen molar-refractivity contribution >= 4 is 46.4 Å². The van der Waals surface area contributed by atoms with Crippen LogP contribution in [-0.4, -0.2) is 34.7 Å². The lowest BCUT2D eigenvalue weighted by atomic mass is 10.2. The number of benzene rings is 2. The van der Waals surface area contributed by atoms with Crippen molar-refractivity contribution in [1.29, 1.82) is 0 Å². The number of rotatable bonds is 9. The molecule has 0 aliphatic carbocycles. The third kappa shape index (κ3) is 6.83. The van der Waals surface area contributed by atoms with E-state index in [0.29, 0.717) is 35.2 Å². The average molecular weight is 489 g/mol. The fourth-order valence-electron chi connectivity index (χ4n) is 3.44. The predicted octanol–water partition coefficient (Wildman–Crippen LogP) is 6.44. The number of halogens is 2. The van der Waals surface area contributed by atoms with Gasteiger partial charge in [-0.15, -0.1) is 11.3 Å². The van der Waals surface area contributed by atoms with Crippen LogP contribution in [0.25, 0.3) is 0 Å². The van der Waals surface area contributed by atoms with E-state index in [1.807, 2.05) is 48.2 Å². The molecule has 2 amide bonds. The van der Waals surface area contributed by atoms with E-state index < -0.39 is 0 Å².